The summed E-state index contributed by atoms with van der Waals surface area (Å²) in [7, 11) is 0. The Kier molecular flexibility index (Phi) is 11.5. The van der Waals surface area contributed by atoms with E-state index in [4.69, 9.17) is 5.73 Å². The summed E-state index contributed by atoms with van der Waals surface area (Å²) in [5, 5.41) is 5.78. The van der Waals surface area contributed by atoms with Gasteiger partial charge in [-0.25, -0.2) is 9.97 Å². The van der Waals surface area contributed by atoms with Gasteiger partial charge in [0.1, 0.15) is 11.5 Å². The molecule has 2 aromatic heterocycles. The van der Waals surface area contributed by atoms with Crippen molar-refractivity contribution in [1.29, 1.82) is 0 Å². The third kappa shape index (κ3) is 8.07. The normalized spacial score (nSPS) is 12.2. The number of nitrogens with one attached hydrogen (secondary N) is 2. The molecule has 0 fully saturated rings. The van der Waals surface area contributed by atoms with Gasteiger partial charge in [0.25, 0.3) is 0 Å². The second-order valence-corrected chi connectivity index (χ2v) is 6.62. The quantitative estimate of drug-likeness (QED) is 0.334. The van der Waals surface area contributed by atoms with Gasteiger partial charge in [-0.2, -0.15) is 0 Å². The van der Waals surface area contributed by atoms with E-state index in [0.29, 0.717) is 5.96 Å². The molecule has 25 heavy (non-hydrogen) atoms. The lowest BCUT2D eigenvalue weighted by Crippen LogP contribution is -2.24. The van der Waals surface area contributed by atoms with Crippen LogP contribution in [0.2, 0.25) is 0 Å². The lowest BCUT2D eigenvalue weighted by Gasteiger charge is -2.08. The topological polar surface area (TPSA) is 92.0 Å². The number of aromatic nitrogens is 3. The Bertz CT molecular complexity index is 640. The molecule has 142 valence electrons. The van der Waals surface area contributed by atoms with Crippen LogP contribution in [-0.2, 0) is 0 Å². The number of H-pyrrole nitrogens is 1. The van der Waals surface area contributed by atoms with E-state index in [1.165, 1.54) is 37.0 Å². The van der Waals surface area contributed by atoms with Crippen LogP contribution in [0.3, 0.4) is 0 Å². The highest BCUT2D eigenvalue weighted by molar-refractivity contribution is 7.14. The van der Waals surface area contributed by atoms with Crippen LogP contribution in [0.4, 0.5) is 5.13 Å². The summed E-state index contributed by atoms with van der Waals surface area (Å²) >= 11 is 1.50. The highest BCUT2D eigenvalue weighted by atomic mass is 35.5. The number of unbranched alkanes of at least 4 members (excludes halogenated alkanes) is 3. The minimum atomic E-state index is 0. The number of hydrogen-bond donors (Lipinski definition) is 3. The minimum absolute atomic E-state index is 0. The van der Waals surface area contributed by atoms with Gasteiger partial charge >= 0.3 is 0 Å². The van der Waals surface area contributed by atoms with Crippen LogP contribution in [0.25, 0.3) is 11.4 Å². The Hall–Kier alpha value is -1.31. The first-order valence-corrected chi connectivity index (χ1v) is 9.04. The number of hydrogen-bond acceptors (Lipinski definition) is 4. The summed E-state index contributed by atoms with van der Waals surface area (Å²) in [6.45, 7) is 6.24. The van der Waals surface area contributed by atoms with E-state index < -0.39 is 0 Å². The maximum absolute atomic E-state index is 5.97. The van der Waals surface area contributed by atoms with E-state index in [1.807, 2.05) is 12.3 Å². The number of aromatic amines is 1. The predicted octanol–water partition coefficient (Wildman–Crippen LogP) is 4.77. The number of aliphatic imine (C=N–C) groups is 1. The SMILES string of the molecule is CCCCCCC(C)N=C(N)Nc1nc(-c2cnc(C)[nH]2)cs1.Cl.Cl. The number of guanidine groups is 1. The van der Waals surface area contributed by atoms with Crippen LogP contribution in [0.15, 0.2) is 16.6 Å². The molecule has 4 N–H and O–H groups in total. The molecule has 0 spiro atoms. The molecule has 6 nitrogen and oxygen atoms in total. The van der Waals surface area contributed by atoms with Crippen molar-refractivity contribution < 1.29 is 0 Å². The highest BCUT2D eigenvalue weighted by Crippen LogP contribution is 2.23. The van der Waals surface area contributed by atoms with Crippen molar-refractivity contribution in [2.45, 2.75) is 58.9 Å². The Labute approximate surface area is 166 Å². The molecule has 0 aliphatic heterocycles. The van der Waals surface area contributed by atoms with Crippen LogP contribution >= 0.6 is 36.2 Å². The number of imidazole rings is 1. The predicted molar refractivity (Wildman–Crippen MR) is 112 cm³/mol. The summed E-state index contributed by atoms with van der Waals surface area (Å²) in [6, 6.07) is 0.231. The fourth-order valence-electron chi connectivity index (χ4n) is 2.32. The number of nitrogens with two attached hydrogens (primary N) is 1. The first kappa shape index (κ1) is 23.7. The Morgan fingerprint density at radius 1 is 1.36 bits per heavy atom. The van der Waals surface area contributed by atoms with Crippen LogP contribution in [0.1, 0.15) is 51.8 Å². The zero-order chi connectivity index (χ0) is 16.7. The first-order chi connectivity index (χ1) is 11.1. The van der Waals surface area contributed by atoms with E-state index in [0.717, 1.165) is 28.8 Å². The summed E-state index contributed by atoms with van der Waals surface area (Å²) in [4.78, 5) is 16.3. The molecule has 0 aromatic carbocycles. The summed E-state index contributed by atoms with van der Waals surface area (Å²) in [6.07, 6.45) is 7.86. The molecule has 2 aromatic rings. The molecule has 0 amide bonds. The van der Waals surface area contributed by atoms with Gasteiger partial charge in [0, 0.05) is 5.38 Å². The number of nitrogens with zero attached hydrogens (tertiary/aromatic N) is 3. The van der Waals surface area contributed by atoms with E-state index in [-0.39, 0.29) is 30.9 Å². The smallest absolute Gasteiger partial charge is 0.195 e. The maximum atomic E-state index is 5.97. The molecule has 2 heterocycles. The minimum Gasteiger partial charge on any atom is -0.370 e. The van der Waals surface area contributed by atoms with Gasteiger partial charge in [-0.05, 0) is 20.3 Å². The molecule has 1 atom stereocenters. The molecular formula is C16H28Cl2N6S. The highest BCUT2D eigenvalue weighted by Gasteiger charge is 2.08. The molecule has 0 aliphatic rings. The average Bonchev–Trinajstić information content (AvgIpc) is 3.12. The summed E-state index contributed by atoms with van der Waals surface area (Å²) in [5.41, 5.74) is 7.74. The van der Waals surface area contributed by atoms with E-state index in [9.17, 15) is 0 Å². The third-order valence-electron chi connectivity index (χ3n) is 3.55. The molecule has 9 heteroatoms. The average molecular weight is 407 g/mol. The van der Waals surface area contributed by atoms with Crippen LogP contribution in [-0.4, -0.2) is 27.0 Å². The van der Waals surface area contributed by atoms with Crippen molar-refractivity contribution in [3.63, 3.8) is 0 Å². The summed E-state index contributed by atoms with van der Waals surface area (Å²) < 4.78 is 0. The number of anilines is 1. The standard InChI is InChI=1S/C16H26N6S.2ClH/c1-4-5-6-7-8-11(2)19-15(17)22-16-21-14(10-23-16)13-9-18-12(3)20-13;;/h9-11H,4-8H2,1-3H3,(H,18,20)(H3,17,19,21,22);2*1H. The number of halogens is 2. The van der Waals surface area contributed by atoms with E-state index in [1.54, 1.807) is 6.20 Å². The number of thiazole rings is 1. The number of rotatable bonds is 8. The third-order valence-corrected chi connectivity index (χ3v) is 4.31. The Morgan fingerprint density at radius 3 is 2.76 bits per heavy atom. The zero-order valence-electron chi connectivity index (χ0n) is 14.9. The van der Waals surface area contributed by atoms with Gasteiger partial charge < -0.3 is 16.0 Å². The Balaban J connectivity index is 0.00000288. The maximum Gasteiger partial charge on any atom is 0.195 e. The largest absolute Gasteiger partial charge is 0.370 e. The van der Waals surface area contributed by atoms with Crippen molar-refractivity contribution in [3.8, 4) is 11.4 Å². The molecule has 0 saturated heterocycles. The molecule has 2 rings (SSSR count). The summed E-state index contributed by atoms with van der Waals surface area (Å²) in [5.74, 6) is 1.30. The fraction of sp³-hybridized carbons (Fsp3) is 0.562. The lowest BCUT2D eigenvalue weighted by molar-refractivity contribution is 0.576. The van der Waals surface area contributed by atoms with Crippen LogP contribution in [0.5, 0.6) is 0 Å². The van der Waals surface area contributed by atoms with E-state index >= 15 is 0 Å². The second kappa shape index (κ2) is 12.1. The van der Waals surface area contributed by atoms with Crippen molar-refractivity contribution in [2.24, 2.45) is 10.7 Å². The lowest BCUT2D eigenvalue weighted by atomic mass is 10.1. The van der Waals surface area contributed by atoms with Gasteiger partial charge in [0.2, 0.25) is 0 Å². The first-order valence-electron chi connectivity index (χ1n) is 8.16. The van der Waals surface area contributed by atoms with Crippen LogP contribution < -0.4 is 11.1 Å². The molecule has 1 unspecified atom stereocenters. The van der Waals surface area contributed by atoms with Crippen molar-refractivity contribution >= 4 is 47.2 Å². The van der Waals surface area contributed by atoms with Crippen molar-refractivity contribution in [1.82, 2.24) is 15.0 Å². The van der Waals surface area contributed by atoms with Crippen molar-refractivity contribution in [2.75, 3.05) is 5.32 Å². The van der Waals surface area contributed by atoms with Crippen LogP contribution in [0, 0.1) is 6.92 Å². The molecule has 0 radical (unpaired) electrons. The molecular weight excluding hydrogens is 379 g/mol. The monoisotopic (exact) mass is 406 g/mol. The molecule has 0 aliphatic carbocycles. The second-order valence-electron chi connectivity index (χ2n) is 5.76. The van der Waals surface area contributed by atoms with Gasteiger partial charge in [-0.1, -0.05) is 32.6 Å². The molecule has 0 saturated carbocycles. The van der Waals surface area contributed by atoms with Gasteiger partial charge in [-0.15, -0.1) is 36.2 Å². The number of aryl methyl sites for hydroxylation is 1. The fourth-order valence-corrected chi connectivity index (χ4v) is 3.03. The zero-order valence-corrected chi connectivity index (χ0v) is 17.4. The van der Waals surface area contributed by atoms with Gasteiger partial charge in [0.15, 0.2) is 11.1 Å². The van der Waals surface area contributed by atoms with E-state index in [2.05, 4.69) is 39.1 Å². The molecule has 0 bridgehead atoms. The van der Waals surface area contributed by atoms with Gasteiger partial charge in [-0.3, -0.25) is 4.99 Å². The van der Waals surface area contributed by atoms with Gasteiger partial charge in [0.05, 0.1) is 17.9 Å². The van der Waals surface area contributed by atoms with Crippen molar-refractivity contribution in [3.05, 3.63) is 17.4 Å². The Morgan fingerprint density at radius 2 is 2.12 bits per heavy atom.